The fourth-order valence-corrected chi connectivity index (χ4v) is 4.49. The largest absolute Gasteiger partial charge is 0.482 e. The van der Waals surface area contributed by atoms with Crippen LogP contribution in [0.1, 0.15) is 48.1 Å². The molecule has 1 aliphatic carbocycles. The summed E-state index contributed by atoms with van der Waals surface area (Å²) in [7, 11) is 0. The van der Waals surface area contributed by atoms with Crippen molar-refractivity contribution in [3.05, 3.63) is 107 Å². The molecule has 1 N–H and O–H groups in total. The number of carbonyl (C=O) groups is 1. The number of carboxylic acids is 1. The van der Waals surface area contributed by atoms with Gasteiger partial charge in [0.25, 0.3) is 0 Å². The number of aliphatic carboxylic acids is 1. The van der Waals surface area contributed by atoms with E-state index in [1.807, 2.05) is 42.5 Å². The van der Waals surface area contributed by atoms with Crippen LogP contribution in [-0.2, 0) is 22.4 Å². The van der Waals surface area contributed by atoms with Gasteiger partial charge in [-0.15, -0.1) is 0 Å². The summed E-state index contributed by atoms with van der Waals surface area (Å²) in [6.07, 6.45) is 11.6. The molecule has 3 atom stereocenters. The highest BCUT2D eigenvalue weighted by molar-refractivity contribution is 5.68. The van der Waals surface area contributed by atoms with E-state index in [1.54, 1.807) is 12.4 Å². The molecule has 2 aromatic carbocycles. The summed E-state index contributed by atoms with van der Waals surface area (Å²) >= 11 is 0. The highest BCUT2D eigenvalue weighted by atomic mass is 16.5. The summed E-state index contributed by atoms with van der Waals surface area (Å²) < 4.78 is 12.1. The zero-order valence-electron chi connectivity index (χ0n) is 19.5. The van der Waals surface area contributed by atoms with Crippen molar-refractivity contribution in [2.45, 2.75) is 44.8 Å². The number of pyridine rings is 1. The van der Waals surface area contributed by atoms with Gasteiger partial charge in [-0.1, -0.05) is 61.5 Å². The van der Waals surface area contributed by atoms with Gasteiger partial charge in [0.05, 0.1) is 6.10 Å². The molecular formula is C29H31NO4. The smallest absolute Gasteiger partial charge is 0.341 e. The lowest BCUT2D eigenvalue weighted by Crippen LogP contribution is -2.18. The average molecular weight is 458 g/mol. The van der Waals surface area contributed by atoms with E-state index in [2.05, 4.69) is 42.3 Å². The van der Waals surface area contributed by atoms with Crippen LogP contribution in [0, 0.1) is 5.92 Å². The molecule has 0 aliphatic heterocycles. The third-order valence-electron chi connectivity index (χ3n) is 6.25. The number of nitrogens with zero attached hydrogens (tertiary/aromatic N) is 1. The van der Waals surface area contributed by atoms with Crippen molar-refractivity contribution in [3.63, 3.8) is 0 Å². The van der Waals surface area contributed by atoms with Crippen LogP contribution in [0.25, 0.3) is 0 Å². The van der Waals surface area contributed by atoms with E-state index in [9.17, 15) is 4.79 Å². The highest BCUT2D eigenvalue weighted by Crippen LogP contribution is 2.33. The van der Waals surface area contributed by atoms with Gasteiger partial charge in [0.1, 0.15) is 11.9 Å². The van der Waals surface area contributed by atoms with Crippen LogP contribution in [0.4, 0.5) is 0 Å². The summed E-state index contributed by atoms with van der Waals surface area (Å²) in [6, 6.07) is 20.2. The third-order valence-corrected chi connectivity index (χ3v) is 6.25. The Morgan fingerprint density at radius 1 is 1.09 bits per heavy atom. The topological polar surface area (TPSA) is 68.7 Å². The summed E-state index contributed by atoms with van der Waals surface area (Å²) in [5, 5.41) is 8.93. The monoisotopic (exact) mass is 457 g/mol. The van der Waals surface area contributed by atoms with Crippen LogP contribution in [0.5, 0.6) is 5.75 Å². The van der Waals surface area contributed by atoms with Crippen LogP contribution in [-0.4, -0.2) is 28.8 Å². The second-order valence-corrected chi connectivity index (χ2v) is 8.62. The fraction of sp³-hybridized carbons (Fsp3) is 0.310. The molecule has 3 unspecified atom stereocenters. The maximum atomic E-state index is 10.9. The first-order valence-corrected chi connectivity index (χ1v) is 11.9. The molecule has 0 saturated carbocycles. The maximum absolute atomic E-state index is 10.9. The number of allylic oxidation sites excluding steroid dienone is 1. The van der Waals surface area contributed by atoms with Crippen LogP contribution in [0.3, 0.4) is 0 Å². The van der Waals surface area contributed by atoms with Gasteiger partial charge >= 0.3 is 5.97 Å². The second kappa shape index (κ2) is 11.6. The van der Waals surface area contributed by atoms with E-state index in [0.717, 1.165) is 42.4 Å². The van der Waals surface area contributed by atoms with E-state index in [1.165, 1.54) is 5.56 Å². The molecule has 4 rings (SSSR count). The Hall–Kier alpha value is -3.44. The van der Waals surface area contributed by atoms with Crippen molar-refractivity contribution in [2.24, 2.45) is 5.92 Å². The first-order valence-electron chi connectivity index (χ1n) is 11.9. The zero-order valence-corrected chi connectivity index (χ0v) is 19.5. The van der Waals surface area contributed by atoms with Crippen LogP contribution < -0.4 is 4.74 Å². The summed E-state index contributed by atoms with van der Waals surface area (Å²) in [4.78, 5) is 15.0. The molecule has 176 valence electrons. The molecule has 0 bridgehead atoms. The molecule has 0 spiro atoms. The zero-order chi connectivity index (χ0) is 23.8. The van der Waals surface area contributed by atoms with E-state index in [0.29, 0.717) is 11.7 Å². The number of rotatable bonds is 10. The van der Waals surface area contributed by atoms with Gasteiger partial charge in [0, 0.05) is 12.4 Å². The molecule has 0 amide bonds. The summed E-state index contributed by atoms with van der Waals surface area (Å²) in [5.41, 5.74) is 4.59. The number of hydrogen-bond acceptors (Lipinski definition) is 4. The minimum absolute atomic E-state index is 0.00926. The number of aromatic nitrogens is 1. The van der Waals surface area contributed by atoms with Gasteiger partial charge < -0.3 is 14.6 Å². The first-order chi connectivity index (χ1) is 16.6. The van der Waals surface area contributed by atoms with Gasteiger partial charge in [0.15, 0.2) is 6.61 Å². The normalized spacial score (nSPS) is 17.1. The third kappa shape index (κ3) is 6.12. The number of ether oxygens (including phenoxy) is 2. The van der Waals surface area contributed by atoms with E-state index >= 15 is 0 Å². The molecule has 1 aromatic heterocycles. The Morgan fingerprint density at radius 2 is 1.85 bits per heavy atom. The molecule has 0 fully saturated rings. The molecule has 1 aliphatic rings. The molecule has 0 saturated heterocycles. The maximum Gasteiger partial charge on any atom is 0.341 e. The second-order valence-electron chi connectivity index (χ2n) is 8.62. The van der Waals surface area contributed by atoms with Crippen molar-refractivity contribution in [3.8, 4) is 5.75 Å². The van der Waals surface area contributed by atoms with Crippen molar-refractivity contribution >= 4 is 5.97 Å². The first kappa shape index (κ1) is 23.7. The number of benzene rings is 2. The van der Waals surface area contributed by atoms with E-state index in [-0.39, 0.29) is 18.8 Å². The Labute approximate surface area is 201 Å². The quantitative estimate of drug-likeness (QED) is 0.390. The SMILES string of the molecule is CCC(C=CC1CCc2c(cccc2OCC(=O)O)C1)OC(c1ccccc1)c1ccncc1. The van der Waals surface area contributed by atoms with Gasteiger partial charge in [0.2, 0.25) is 0 Å². The predicted molar refractivity (Wildman–Crippen MR) is 132 cm³/mol. The molecular weight excluding hydrogens is 426 g/mol. The summed E-state index contributed by atoms with van der Waals surface area (Å²) in [6.45, 7) is 1.83. The van der Waals surface area contributed by atoms with Gasteiger partial charge in [-0.3, -0.25) is 4.98 Å². The van der Waals surface area contributed by atoms with Gasteiger partial charge in [-0.05, 0) is 72.1 Å². The van der Waals surface area contributed by atoms with E-state index < -0.39 is 5.97 Å². The Balaban J connectivity index is 1.45. The number of hydrogen-bond donors (Lipinski definition) is 1. The standard InChI is InChI=1S/C29H31NO4/c1-2-25(34-29(22-7-4-3-5-8-22)23-15-17-30-18-16-23)13-11-21-12-14-26-24(19-21)9-6-10-27(26)33-20-28(31)32/h3-11,13,15-18,21,25,29H,2,12,14,19-20H2,1H3,(H,31,32). The van der Waals surface area contributed by atoms with Gasteiger partial charge in [-0.25, -0.2) is 4.79 Å². The Bertz CT molecular complexity index is 1060. The summed E-state index contributed by atoms with van der Waals surface area (Å²) in [5.74, 6) is 0.150. The molecule has 0 radical (unpaired) electrons. The van der Waals surface area contributed by atoms with Crippen molar-refractivity contribution in [2.75, 3.05) is 6.61 Å². The minimum atomic E-state index is -0.958. The molecule has 3 aromatic rings. The van der Waals surface area contributed by atoms with E-state index in [4.69, 9.17) is 14.6 Å². The lowest BCUT2D eigenvalue weighted by Gasteiger charge is -2.26. The predicted octanol–water partition coefficient (Wildman–Crippen LogP) is 5.79. The number of fused-ring (bicyclic) bond motifs is 1. The minimum Gasteiger partial charge on any atom is -0.482 e. The molecule has 5 nitrogen and oxygen atoms in total. The van der Waals surface area contributed by atoms with Crippen molar-refractivity contribution in [1.29, 1.82) is 0 Å². The van der Waals surface area contributed by atoms with Gasteiger partial charge in [-0.2, -0.15) is 0 Å². The van der Waals surface area contributed by atoms with Crippen molar-refractivity contribution < 1.29 is 19.4 Å². The Morgan fingerprint density at radius 3 is 2.59 bits per heavy atom. The van der Waals surface area contributed by atoms with Crippen LogP contribution in [0.15, 0.2) is 85.2 Å². The lowest BCUT2D eigenvalue weighted by molar-refractivity contribution is -0.139. The highest BCUT2D eigenvalue weighted by Gasteiger charge is 2.22. The van der Waals surface area contributed by atoms with Crippen LogP contribution in [0.2, 0.25) is 0 Å². The number of carboxylic acid groups (broad SMARTS) is 1. The van der Waals surface area contributed by atoms with Crippen LogP contribution >= 0.6 is 0 Å². The Kier molecular flexibility index (Phi) is 8.10. The average Bonchev–Trinajstić information content (AvgIpc) is 2.88. The molecule has 34 heavy (non-hydrogen) atoms. The molecule has 5 heteroatoms. The molecule has 1 heterocycles. The lowest BCUT2D eigenvalue weighted by atomic mass is 9.83. The fourth-order valence-electron chi connectivity index (χ4n) is 4.49. The van der Waals surface area contributed by atoms with Crippen molar-refractivity contribution in [1.82, 2.24) is 4.98 Å².